The Morgan fingerprint density at radius 2 is 1.70 bits per heavy atom. The smallest absolute Gasteiger partial charge is 0.0948 e. The zero-order valence-corrected chi connectivity index (χ0v) is 13.7. The van der Waals surface area contributed by atoms with Gasteiger partial charge < -0.3 is 0 Å². The van der Waals surface area contributed by atoms with Crippen LogP contribution < -0.4 is 0 Å². The van der Waals surface area contributed by atoms with Crippen molar-refractivity contribution >= 4 is 56.9 Å². The summed E-state index contributed by atoms with van der Waals surface area (Å²) >= 11 is 20.8. The van der Waals surface area contributed by atoms with E-state index in [2.05, 4.69) is 0 Å². The maximum atomic E-state index is 6.66. The molecule has 102 valence electrons. The molecule has 0 amide bonds. The number of halogens is 3. The summed E-state index contributed by atoms with van der Waals surface area (Å²) in [4.78, 5) is 0.985. The van der Waals surface area contributed by atoms with Gasteiger partial charge in [0.05, 0.1) is 10.4 Å². The van der Waals surface area contributed by atoms with Crippen LogP contribution in [0.25, 0.3) is 10.8 Å². The Balaban J connectivity index is 2.20. The average Bonchev–Trinajstić information content (AvgIpc) is 2.79. The van der Waals surface area contributed by atoms with Crippen molar-refractivity contribution in [2.75, 3.05) is 0 Å². The van der Waals surface area contributed by atoms with Crippen LogP contribution in [0.3, 0.4) is 0 Å². The number of fused-ring (bicyclic) bond motifs is 1. The van der Waals surface area contributed by atoms with E-state index in [-0.39, 0.29) is 5.38 Å². The summed E-state index contributed by atoms with van der Waals surface area (Å²) in [6.45, 7) is 1.99. The molecule has 0 aliphatic carbocycles. The Morgan fingerprint density at radius 3 is 2.35 bits per heavy atom. The lowest BCUT2D eigenvalue weighted by Crippen LogP contribution is -1.93. The highest BCUT2D eigenvalue weighted by Crippen LogP contribution is 2.42. The van der Waals surface area contributed by atoms with Gasteiger partial charge in [-0.3, -0.25) is 0 Å². The van der Waals surface area contributed by atoms with Gasteiger partial charge in [0.2, 0.25) is 0 Å². The van der Waals surface area contributed by atoms with Crippen LogP contribution in [-0.2, 0) is 0 Å². The zero-order valence-electron chi connectivity index (χ0n) is 10.7. The SMILES string of the molecule is Cc1csc(C(Cl)c2ccc(Cl)c3ccccc23)c1Cl. The molecule has 4 heteroatoms. The van der Waals surface area contributed by atoms with Gasteiger partial charge in [0, 0.05) is 15.3 Å². The number of thiophene rings is 1. The molecule has 3 rings (SSSR count). The van der Waals surface area contributed by atoms with E-state index in [1.807, 2.05) is 48.7 Å². The van der Waals surface area contributed by atoms with Crippen molar-refractivity contribution in [3.63, 3.8) is 0 Å². The lowest BCUT2D eigenvalue weighted by molar-refractivity contribution is 1.20. The minimum absolute atomic E-state index is 0.261. The van der Waals surface area contributed by atoms with Crippen LogP contribution in [0.5, 0.6) is 0 Å². The fraction of sp³-hybridized carbons (Fsp3) is 0.125. The molecule has 1 heterocycles. The van der Waals surface area contributed by atoms with Gasteiger partial charge in [-0.1, -0.05) is 53.5 Å². The molecular formula is C16H11Cl3S. The predicted molar refractivity (Wildman–Crippen MR) is 90.7 cm³/mol. The van der Waals surface area contributed by atoms with Crippen molar-refractivity contribution in [1.29, 1.82) is 0 Å². The molecule has 0 saturated carbocycles. The summed E-state index contributed by atoms with van der Waals surface area (Å²) < 4.78 is 0. The molecule has 0 fully saturated rings. The average molecular weight is 342 g/mol. The van der Waals surface area contributed by atoms with Gasteiger partial charge in [-0.15, -0.1) is 22.9 Å². The molecule has 0 radical (unpaired) electrons. The van der Waals surface area contributed by atoms with E-state index < -0.39 is 0 Å². The molecule has 0 bridgehead atoms. The van der Waals surface area contributed by atoms with Crippen molar-refractivity contribution in [3.8, 4) is 0 Å². The van der Waals surface area contributed by atoms with E-state index in [4.69, 9.17) is 34.8 Å². The van der Waals surface area contributed by atoms with E-state index in [0.717, 1.165) is 36.8 Å². The molecule has 0 aliphatic rings. The highest BCUT2D eigenvalue weighted by atomic mass is 35.5. The van der Waals surface area contributed by atoms with Crippen molar-refractivity contribution in [3.05, 3.63) is 67.8 Å². The predicted octanol–water partition coefficient (Wildman–Crippen LogP) is 6.84. The quantitative estimate of drug-likeness (QED) is 0.447. The maximum Gasteiger partial charge on any atom is 0.0948 e. The minimum Gasteiger partial charge on any atom is -0.145 e. The van der Waals surface area contributed by atoms with E-state index >= 15 is 0 Å². The highest BCUT2D eigenvalue weighted by Gasteiger charge is 2.20. The lowest BCUT2D eigenvalue weighted by atomic mass is 10.0. The number of hydrogen-bond acceptors (Lipinski definition) is 1. The molecule has 1 unspecified atom stereocenters. The number of aryl methyl sites for hydroxylation is 1. The van der Waals surface area contributed by atoms with Gasteiger partial charge in [-0.25, -0.2) is 0 Å². The maximum absolute atomic E-state index is 6.66. The Morgan fingerprint density at radius 1 is 1.00 bits per heavy atom. The van der Waals surface area contributed by atoms with Crippen molar-refractivity contribution in [1.82, 2.24) is 0 Å². The molecule has 0 spiro atoms. The van der Waals surface area contributed by atoms with E-state index in [0.29, 0.717) is 0 Å². The topological polar surface area (TPSA) is 0 Å². The Kier molecular flexibility index (Phi) is 3.96. The summed E-state index contributed by atoms with van der Waals surface area (Å²) in [5.41, 5.74) is 2.10. The third-order valence-corrected chi connectivity index (χ3v) is 6.02. The Bertz CT molecular complexity index is 776. The van der Waals surface area contributed by atoms with E-state index in [9.17, 15) is 0 Å². The number of hydrogen-bond donors (Lipinski definition) is 0. The number of rotatable bonds is 2. The van der Waals surface area contributed by atoms with Crippen molar-refractivity contribution < 1.29 is 0 Å². The van der Waals surface area contributed by atoms with E-state index in [1.54, 1.807) is 11.3 Å². The summed E-state index contributed by atoms with van der Waals surface area (Å²) in [6, 6.07) is 11.9. The molecule has 1 aromatic heterocycles. The van der Waals surface area contributed by atoms with Crippen molar-refractivity contribution in [2.45, 2.75) is 12.3 Å². The van der Waals surface area contributed by atoms with Crippen LogP contribution in [0, 0.1) is 6.92 Å². The van der Waals surface area contributed by atoms with Gasteiger partial charge in [-0.2, -0.15) is 0 Å². The second-order valence-corrected chi connectivity index (χ2v) is 6.77. The molecular weight excluding hydrogens is 331 g/mol. The molecule has 0 nitrogen and oxygen atoms in total. The Hall–Kier alpha value is -0.730. The molecule has 3 aromatic rings. The third kappa shape index (κ3) is 2.33. The van der Waals surface area contributed by atoms with Crippen LogP contribution in [-0.4, -0.2) is 0 Å². The van der Waals surface area contributed by atoms with Gasteiger partial charge in [-0.05, 0) is 34.9 Å². The summed E-state index contributed by atoms with van der Waals surface area (Å²) in [6.07, 6.45) is 0. The standard InChI is InChI=1S/C16H11Cl3S/c1-9-8-20-16(14(9)18)15(19)12-6-7-13(17)11-5-3-2-4-10(11)12/h2-8,15H,1H3. The minimum atomic E-state index is -0.261. The van der Waals surface area contributed by atoms with Gasteiger partial charge in [0.15, 0.2) is 0 Å². The number of alkyl halides is 1. The molecule has 0 aliphatic heterocycles. The second-order valence-electron chi connectivity index (χ2n) is 4.64. The molecule has 0 saturated heterocycles. The molecule has 1 atom stereocenters. The largest absolute Gasteiger partial charge is 0.145 e. The van der Waals surface area contributed by atoms with Crippen LogP contribution in [0.2, 0.25) is 10.0 Å². The third-order valence-electron chi connectivity index (χ3n) is 3.33. The molecule has 20 heavy (non-hydrogen) atoms. The first-order valence-electron chi connectivity index (χ1n) is 6.14. The van der Waals surface area contributed by atoms with Crippen molar-refractivity contribution in [2.24, 2.45) is 0 Å². The summed E-state index contributed by atoms with van der Waals surface area (Å²) in [5, 5.41) is 5.36. The molecule has 0 N–H and O–H groups in total. The van der Waals surface area contributed by atoms with Gasteiger partial charge in [0.1, 0.15) is 0 Å². The van der Waals surface area contributed by atoms with Crippen LogP contribution in [0.4, 0.5) is 0 Å². The first kappa shape index (κ1) is 14.2. The van der Waals surface area contributed by atoms with Crippen LogP contribution >= 0.6 is 46.1 Å². The van der Waals surface area contributed by atoms with Gasteiger partial charge in [0.25, 0.3) is 0 Å². The summed E-state index contributed by atoms with van der Waals surface area (Å²) in [7, 11) is 0. The van der Waals surface area contributed by atoms with Crippen LogP contribution in [0.15, 0.2) is 41.8 Å². The molecule has 2 aromatic carbocycles. The first-order chi connectivity index (χ1) is 9.59. The normalized spacial score (nSPS) is 12.8. The van der Waals surface area contributed by atoms with Crippen LogP contribution in [0.1, 0.15) is 21.4 Å². The van der Waals surface area contributed by atoms with Gasteiger partial charge >= 0.3 is 0 Å². The fourth-order valence-electron chi connectivity index (χ4n) is 2.27. The second kappa shape index (κ2) is 5.57. The number of benzene rings is 2. The zero-order chi connectivity index (χ0) is 14.3. The monoisotopic (exact) mass is 340 g/mol. The highest BCUT2D eigenvalue weighted by molar-refractivity contribution is 7.11. The van der Waals surface area contributed by atoms with E-state index in [1.165, 1.54) is 0 Å². The fourth-order valence-corrected chi connectivity index (χ4v) is 4.30. The first-order valence-corrected chi connectivity index (χ1v) is 8.21. The Labute approximate surface area is 136 Å². The lowest BCUT2D eigenvalue weighted by Gasteiger charge is -2.13. The summed E-state index contributed by atoms with van der Waals surface area (Å²) in [5.74, 6) is 0.